The van der Waals surface area contributed by atoms with Gasteiger partial charge in [0.15, 0.2) is 0 Å². The summed E-state index contributed by atoms with van der Waals surface area (Å²) in [5.41, 5.74) is 0.883. The predicted octanol–water partition coefficient (Wildman–Crippen LogP) is 3.73. The van der Waals surface area contributed by atoms with Crippen LogP contribution in [0.1, 0.15) is 16.5 Å². The molecule has 2 aromatic heterocycles. The summed E-state index contributed by atoms with van der Waals surface area (Å²) in [6.45, 7) is 0. The lowest BCUT2D eigenvalue weighted by molar-refractivity contribution is 0.182. The zero-order valence-electron chi connectivity index (χ0n) is 8.23. The van der Waals surface area contributed by atoms with E-state index in [-0.39, 0.29) is 0 Å². The minimum atomic E-state index is -0.572. The van der Waals surface area contributed by atoms with Crippen LogP contribution in [-0.2, 0) is 6.42 Å². The van der Waals surface area contributed by atoms with Gasteiger partial charge < -0.3 is 5.11 Å². The van der Waals surface area contributed by atoms with Crippen LogP contribution in [0.4, 0.5) is 0 Å². The lowest BCUT2D eigenvalue weighted by Crippen LogP contribution is -2.00. The van der Waals surface area contributed by atoms with Gasteiger partial charge in [-0.15, -0.1) is 11.3 Å². The molecule has 1 atom stereocenters. The molecule has 0 fully saturated rings. The summed E-state index contributed by atoms with van der Waals surface area (Å²) in [6, 6.07) is 3.58. The summed E-state index contributed by atoms with van der Waals surface area (Å²) in [5.74, 6) is 0. The van der Waals surface area contributed by atoms with Crippen molar-refractivity contribution in [2.24, 2.45) is 0 Å². The van der Waals surface area contributed by atoms with Crippen LogP contribution in [0.25, 0.3) is 0 Å². The molecule has 5 heteroatoms. The summed E-state index contributed by atoms with van der Waals surface area (Å²) in [6.07, 6.45) is 3.14. The van der Waals surface area contributed by atoms with Crippen LogP contribution in [0, 0.1) is 0 Å². The van der Waals surface area contributed by atoms with Crippen molar-refractivity contribution < 1.29 is 5.11 Å². The van der Waals surface area contributed by atoms with Gasteiger partial charge in [-0.3, -0.25) is 4.98 Å². The molecule has 0 aromatic carbocycles. The molecule has 0 aliphatic heterocycles. The van der Waals surface area contributed by atoms with E-state index >= 15 is 0 Å². The highest BCUT2D eigenvalue weighted by Gasteiger charge is 2.12. The summed E-state index contributed by atoms with van der Waals surface area (Å²) in [4.78, 5) is 4.74. The van der Waals surface area contributed by atoms with Gasteiger partial charge >= 0.3 is 0 Å². The molecule has 16 heavy (non-hydrogen) atoms. The highest BCUT2D eigenvalue weighted by molar-refractivity contribution is 7.10. The normalized spacial score (nSPS) is 12.7. The maximum atomic E-state index is 9.98. The minimum Gasteiger partial charge on any atom is -0.387 e. The summed E-state index contributed by atoms with van der Waals surface area (Å²) >= 11 is 13.2. The monoisotopic (exact) mass is 273 g/mol. The average molecular weight is 274 g/mol. The third-order valence-corrected chi connectivity index (χ3v) is 3.91. The second-order valence-electron chi connectivity index (χ2n) is 3.35. The Morgan fingerprint density at radius 2 is 2.25 bits per heavy atom. The van der Waals surface area contributed by atoms with Gasteiger partial charge in [-0.2, -0.15) is 0 Å². The molecule has 0 aliphatic carbocycles. The zero-order valence-corrected chi connectivity index (χ0v) is 10.6. The van der Waals surface area contributed by atoms with E-state index in [9.17, 15) is 5.11 Å². The second-order valence-corrected chi connectivity index (χ2v) is 5.14. The number of halogens is 2. The van der Waals surface area contributed by atoms with Gasteiger partial charge in [0.1, 0.15) is 0 Å². The molecule has 1 N–H and O–H groups in total. The van der Waals surface area contributed by atoms with Crippen molar-refractivity contribution in [1.82, 2.24) is 4.98 Å². The Morgan fingerprint density at radius 1 is 1.44 bits per heavy atom. The summed E-state index contributed by atoms with van der Waals surface area (Å²) < 4.78 is 0. The maximum absolute atomic E-state index is 9.98. The Morgan fingerprint density at radius 3 is 2.88 bits per heavy atom. The van der Waals surface area contributed by atoms with Crippen molar-refractivity contribution in [3.05, 3.63) is 50.4 Å². The van der Waals surface area contributed by atoms with Crippen molar-refractivity contribution in [3.63, 3.8) is 0 Å². The fourth-order valence-corrected chi connectivity index (χ4v) is 2.65. The van der Waals surface area contributed by atoms with Crippen LogP contribution in [0.15, 0.2) is 29.9 Å². The van der Waals surface area contributed by atoms with E-state index in [1.54, 1.807) is 29.9 Å². The first-order valence-electron chi connectivity index (χ1n) is 4.67. The molecule has 0 saturated heterocycles. The molecule has 0 spiro atoms. The van der Waals surface area contributed by atoms with Crippen LogP contribution in [0.5, 0.6) is 0 Å². The van der Waals surface area contributed by atoms with Crippen molar-refractivity contribution in [3.8, 4) is 0 Å². The van der Waals surface area contributed by atoms with E-state index in [1.165, 1.54) is 11.3 Å². The SMILES string of the molecule is OC(Cc1ccncc1Cl)c1cc(Cl)cs1. The van der Waals surface area contributed by atoms with Crippen LogP contribution >= 0.6 is 34.5 Å². The molecule has 0 bridgehead atoms. The van der Waals surface area contributed by atoms with Gasteiger partial charge in [0, 0.05) is 29.1 Å². The largest absolute Gasteiger partial charge is 0.387 e. The van der Waals surface area contributed by atoms with Crippen LogP contribution in [0.3, 0.4) is 0 Å². The molecule has 2 nitrogen and oxygen atoms in total. The fraction of sp³-hybridized carbons (Fsp3) is 0.182. The van der Waals surface area contributed by atoms with Gasteiger partial charge in [0.05, 0.1) is 16.1 Å². The first kappa shape index (κ1) is 11.9. The number of hydrogen-bond acceptors (Lipinski definition) is 3. The molecule has 0 aliphatic rings. The van der Waals surface area contributed by atoms with Crippen molar-refractivity contribution in [1.29, 1.82) is 0 Å². The molecule has 2 aromatic rings. The lowest BCUT2D eigenvalue weighted by atomic mass is 10.1. The smallest absolute Gasteiger partial charge is 0.0923 e. The molecule has 1 unspecified atom stereocenters. The number of thiophene rings is 1. The molecule has 0 amide bonds. The van der Waals surface area contributed by atoms with Crippen molar-refractivity contribution >= 4 is 34.5 Å². The van der Waals surface area contributed by atoms with Crippen LogP contribution < -0.4 is 0 Å². The number of aliphatic hydroxyl groups is 1. The van der Waals surface area contributed by atoms with Gasteiger partial charge in [0.25, 0.3) is 0 Å². The Labute approximate surface area is 107 Å². The van der Waals surface area contributed by atoms with E-state index in [0.29, 0.717) is 16.5 Å². The molecular formula is C11H9Cl2NOS. The Hall–Kier alpha value is -0.610. The van der Waals surface area contributed by atoms with E-state index in [4.69, 9.17) is 23.2 Å². The van der Waals surface area contributed by atoms with Gasteiger partial charge in [-0.1, -0.05) is 23.2 Å². The lowest BCUT2D eigenvalue weighted by Gasteiger charge is -2.09. The first-order valence-corrected chi connectivity index (χ1v) is 6.31. The first-order chi connectivity index (χ1) is 7.66. The Bertz CT molecular complexity index is 486. The maximum Gasteiger partial charge on any atom is 0.0923 e. The van der Waals surface area contributed by atoms with Crippen molar-refractivity contribution in [2.75, 3.05) is 0 Å². The minimum absolute atomic E-state index is 0.470. The highest BCUT2D eigenvalue weighted by Crippen LogP contribution is 2.28. The zero-order chi connectivity index (χ0) is 11.5. The second kappa shape index (κ2) is 5.15. The number of nitrogens with zero attached hydrogens (tertiary/aromatic N) is 1. The topological polar surface area (TPSA) is 33.1 Å². The Kier molecular flexibility index (Phi) is 3.82. The highest BCUT2D eigenvalue weighted by atomic mass is 35.5. The molecule has 2 heterocycles. The number of aliphatic hydroxyl groups excluding tert-OH is 1. The van der Waals surface area contributed by atoms with Crippen LogP contribution in [0.2, 0.25) is 10.0 Å². The van der Waals surface area contributed by atoms with E-state index in [0.717, 1.165) is 10.4 Å². The molecule has 0 saturated carbocycles. The van der Waals surface area contributed by atoms with E-state index in [2.05, 4.69) is 4.98 Å². The van der Waals surface area contributed by atoms with Gasteiger partial charge in [-0.25, -0.2) is 0 Å². The number of pyridine rings is 1. The molecular weight excluding hydrogens is 265 g/mol. The van der Waals surface area contributed by atoms with Gasteiger partial charge in [-0.05, 0) is 17.7 Å². The third kappa shape index (κ3) is 2.74. The van der Waals surface area contributed by atoms with Crippen LogP contribution in [-0.4, -0.2) is 10.1 Å². The fourth-order valence-electron chi connectivity index (χ4n) is 1.38. The summed E-state index contributed by atoms with van der Waals surface area (Å²) in [5, 5.41) is 13.0. The van der Waals surface area contributed by atoms with Crippen molar-refractivity contribution in [2.45, 2.75) is 12.5 Å². The molecule has 2 rings (SSSR count). The summed E-state index contributed by atoms with van der Waals surface area (Å²) in [7, 11) is 0. The molecule has 84 valence electrons. The number of aromatic nitrogens is 1. The quantitative estimate of drug-likeness (QED) is 0.925. The predicted molar refractivity (Wildman–Crippen MR) is 67.2 cm³/mol. The van der Waals surface area contributed by atoms with E-state index < -0.39 is 6.10 Å². The third-order valence-electron chi connectivity index (χ3n) is 2.19. The standard InChI is InChI=1S/C11H9Cl2NOS/c12-8-4-11(16-6-8)10(15)3-7-1-2-14-5-9(7)13/h1-2,4-6,10,15H,3H2. The van der Waals surface area contributed by atoms with E-state index in [1.807, 2.05) is 0 Å². The van der Waals surface area contributed by atoms with Gasteiger partial charge in [0.2, 0.25) is 0 Å². The average Bonchev–Trinajstić information content (AvgIpc) is 2.68. The number of hydrogen-bond donors (Lipinski definition) is 1. The Balaban J connectivity index is 2.13. The number of rotatable bonds is 3. The molecule has 0 radical (unpaired) electrons.